The van der Waals surface area contributed by atoms with E-state index >= 15 is 0 Å². The minimum atomic E-state index is -0.809. The normalized spacial score (nSPS) is 24.8. The smallest absolute Gasteiger partial charge is 0.306 e. The molecule has 0 aromatic carbocycles. The molecule has 0 spiro atoms. The summed E-state index contributed by atoms with van der Waals surface area (Å²) >= 11 is 0. The number of hydrogen-bond acceptors (Lipinski definition) is 5. The zero-order chi connectivity index (χ0) is 13.5. The summed E-state index contributed by atoms with van der Waals surface area (Å²) in [6, 6.07) is 0.00646. The van der Waals surface area contributed by atoms with Gasteiger partial charge in [0.05, 0.1) is 13.0 Å². The fourth-order valence-electron chi connectivity index (χ4n) is 2.39. The second kappa shape index (κ2) is 7.33. The Morgan fingerprint density at radius 1 is 1.44 bits per heavy atom. The van der Waals surface area contributed by atoms with E-state index in [2.05, 4.69) is 0 Å². The average Bonchev–Trinajstić information content (AvgIpc) is 2.25. The van der Waals surface area contributed by atoms with E-state index in [1.807, 2.05) is 4.90 Å². The van der Waals surface area contributed by atoms with Crippen molar-refractivity contribution < 1.29 is 19.4 Å². The monoisotopic (exact) mass is 258 g/mol. The van der Waals surface area contributed by atoms with Gasteiger partial charge in [0.15, 0.2) is 0 Å². The van der Waals surface area contributed by atoms with Gasteiger partial charge in [-0.05, 0) is 19.3 Å². The van der Waals surface area contributed by atoms with Crippen molar-refractivity contribution in [2.75, 3.05) is 26.2 Å². The van der Waals surface area contributed by atoms with Crippen molar-refractivity contribution in [2.24, 2.45) is 11.7 Å². The van der Waals surface area contributed by atoms with Crippen LogP contribution < -0.4 is 5.73 Å². The van der Waals surface area contributed by atoms with Crippen molar-refractivity contribution in [3.05, 3.63) is 0 Å². The van der Waals surface area contributed by atoms with Gasteiger partial charge in [-0.2, -0.15) is 0 Å². The quantitative estimate of drug-likeness (QED) is 0.655. The van der Waals surface area contributed by atoms with Crippen LogP contribution in [0.1, 0.15) is 26.2 Å². The van der Waals surface area contributed by atoms with Crippen LogP contribution in [-0.2, 0) is 14.3 Å². The molecule has 104 valence electrons. The van der Waals surface area contributed by atoms with Crippen molar-refractivity contribution in [2.45, 2.75) is 32.2 Å². The van der Waals surface area contributed by atoms with Crippen LogP contribution in [-0.4, -0.2) is 54.2 Å². The summed E-state index contributed by atoms with van der Waals surface area (Å²) in [5.74, 6) is -0.840. The molecule has 6 nitrogen and oxygen atoms in total. The number of rotatable bonds is 6. The number of carboxylic acid groups (broad SMARTS) is 1. The minimum absolute atomic E-state index is 0.00646. The number of hydrogen-bond donors (Lipinski definition) is 2. The molecule has 1 saturated heterocycles. The Balaban J connectivity index is 2.40. The topological polar surface area (TPSA) is 92.9 Å². The van der Waals surface area contributed by atoms with Gasteiger partial charge in [0, 0.05) is 32.1 Å². The summed E-state index contributed by atoms with van der Waals surface area (Å²) in [6.07, 6.45) is 1.27. The van der Waals surface area contributed by atoms with Gasteiger partial charge < -0.3 is 20.5 Å². The maximum absolute atomic E-state index is 11.4. The average molecular weight is 258 g/mol. The van der Waals surface area contributed by atoms with E-state index in [0.717, 1.165) is 13.0 Å². The molecule has 3 N–H and O–H groups in total. The van der Waals surface area contributed by atoms with Gasteiger partial charge in [-0.25, -0.2) is 0 Å². The van der Waals surface area contributed by atoms with E-state index in [1.165, 1.54) is 0 Å². The molecule has 18 heavy (non-hydrogen) atoms. The number of ether oxygens (including phenoxy) is 1. The molecule has 6 heteroatoms. The molecule has 2 atom stereocenters. The number of carboxylic acids is 1. The Labute approximate surface area is 107 Å². The molecule has 0 aromatic rings. The standard InChI is InChI=1S/C12H22N2O4/c1-2-18-12(17)6-9-5-10(13)8-14(7-9)4-3-11(15)16/h9-10H,2-8,13H2,1H3,(H,15,16). The molecule has 1 fully saturated rings. The molecule has 0 aliphatic carbocycles. The zero-order valence-electron chi connectivity index (χ0n) is 10.8. The lowest BCUT2D eigenvalue weighted by molar-refractivity contribution is -0.145. The van der Waals surface area contributed by atoms with Gasteiger partial charge in [-0.15, -0.1) is 0 Å². The van der Waals surface area contributed by atoms with Gasteiger partial charge in [-0.3, -0.25) is 9.59 Å². The highest BCUT2D eigenvalue weighted by Crippen LogP contribution is 2.19. The Morgan fingerprint density at radius 3 is 2.78 bits per heavy atom. The van der Waals surface area contributed by atoms with E-state index in [0.29, 0.717) is 26.1 Å². The highest BCUT2D eigenvalue weighted by atomic mass is 16.5. The molecular formula is C12H22N2O4. The van der Waals surface area contributed by atoms with Crippen LogP contribution >= 0.6 is 0 Å². The van der Waals surface area contributed by atoms with E-state index in [1.54, 1.807) is 6.92 Å². The Kier molecular flexibility index (Phi) is 6.07. The van der Waals surface area contributed by atoms with Gasteiger partial charge in [0.1, 0.15) is 0 Å². The summed E-state index contributed by atoms with van der Waals surface area (Å²) in [6.45, 7) is 4.08. The van der Waals surface area contributed by atoms with E-state index < -0.39 is 5.97 Å². The predicted octanol–water partition coefficient (Wildman–Crippen LogP) is 0.0635. The molecule has 1 aliphatic heterocycles. The maximum atomic E-state index is 11.4. The lowest BCUT2D eigenvalue weighted by Crippen LogP contribution is -2.48. The maximum Gasteiger partial charge on any atom is 0.306 e. The third kappa shape index (κ3) is 5.46. The number of piperidine rings is 1. The molecule has 2 unspecified atom stereocenters. The van der Waals surface area contributed by atoms with Crippen LogP contribution in [0.15, 0.2) is 0 Å². The molecule has 0 bridgehead atoms. The lowest BCUT2D eigenvalue weighted by Gasteiger charge is -2.35. The van der Waals surface area contributed by atoms with Crippen LogP contribution in [0.2, 0.25) is 0 Å². The number of likely N-dealkylation sites (tertiary alicyclic amines) is 1. The lowest BCUT2D eigenvalue weighted by atomic mass is 9.92. The summed E-state index contributed by atoms with van der Waals surface area (Å²) < 4.78 is 4.92. The number of carbonyl (C=O) groups is 2. The first-order valence-electron chi connectivity index (χ1n) is 6.36. The van der Waals surface area contributed by atoms with Crippen LogP contribution in [0.3, 0.4) is 0 Å². The molecule has 0 saturated carbocycles. The van der Waals surface area contributed by atoms with Gasteiger partial charge in [0.25, 0.3) is 0 Å². The van der Waals surface area contributed by atoms with Crippen LogP contribution in [0.5, 0.6) is 0 Å². The summed E-state index contributed by atoms with van der Waals surface area (Å²) in [4.78, 5) is 24.0. The SMILES string of the molecule is CCOC(=O)CC1CC(N)CN(CCC(=O)O)C1. The minimum Gasteiger partial charge on any atom is -0.481 e. The van der Waals surface area contributed by atoms with E-state index in [4.69, 9.17) is 15.6 Å². The zero-order valence-corrected chi connectivity index (χ0v) is 10.8. The highest BCUT2D eigenvalue weighted by molar-refractivity contribution is 5.69. The molecule has 1 heterocycles. The number of nitrogens with two attached hydrogens (primary N) is 1. The van der Waals surface area contributed by atoms with Crippen molar-refractivity contribution >= 4 is 11.9 Å². The van der Waals surface area contributed by atoms with Gasteiger partial charge >= 0.3 is 11.9 Å². The Hall–Kier alpha value is -1.14. The fourth-order valence-corrected chi connectivity index (χ4v) is 2.39. The molecule has 0 radical (unpaired) electrons. The molecule has 1 aliphatic rings. The van der Waals surface area contributed by atoms with Crippen molar-refractivity contribution in [3.63, 3.8) is 0 Å². The predicted molar refractivity (Wildman–Crippen MR) is 66.0 cm³/mol. The number of esters is 1. The largest absolute Gasteiger partial charge is 0.481 e. The highest BCUT2D eigenvalue weighted by Gasteiger charge is 2.27. The van der Waals surface area contributed by atoms with Crippen molar-refractivity contribution in [3.8, 4) is 0 Å². The van der Waals surface area contributed by atoms with Gasteiger partial charge in [0.2, 0.25) is 0 Å². The second-order valence-corrected chi connectivity index (χ2v) is 4.77. The molecule has 0 amide bonds. The second-order valence-electron chi connectivity index (χ2n) is 4.77. The van der Waals surface area contributed by atoms with E-state index in [-0.39, 0.29) is 24.3 Å². The summed E-state index contributed by atoms with van der Waals surface area (Å²) in [7, 11) is 0. The summed E-state index contributed by atoms with van der Waals surface area (Å²) in [5, 5.41) is 8.66. The van der Waals surface area contributed by atoms with Gasteiger partial charge in [-0.1, -0.05) is 0 Å². The fraction of sp³-hybridized carbons (Fsp3) is 0.833. The summed E-state index contributed by atoms with van der Waals surface area (Å²) in [5.41, 5.74) is 5.93. The van der Waals surface area contributed by atoms with Crippen LogP contribution in [0.4, 0.5) is 0 Å². The third-order valence-corrected chi connectivity index (χ3v) is 3.05. The van der Waals surface area contributed by atoms with Crippen molar-refractivity contribution in [1.29, 1.82) is 0 Å². The third-order valence-electron chi connectivity index (χ3n) is 3.05. The van der Waals surface area contributed by atoms with E-state index in [9.17, 15) is 9.59 Å². The first-order chi connectivity index (χ1) is 8.51. The molecular weight excluding hydrogens is 236 g/mol. The Bertz CT molecular complexity index is 296. The number of aliphatic carboxylic acids is 1. The Morgan fingerprint density at radius 2 is 2.17 bits per heavy atom. The van der Waals surface area contributed by atoms with Crippen LogP contribution in [0, 0.1) is 5.92 Å². The van der Waals surface area contributed by atoms with Crippen LogP contribution in [0.25, 0.3) is 0 Å². The molecule has 1 rings (SSSR count). The molecule has 0 aromatic heterocycles. The first kappa shape index (κ1) is 14.9. The number of nitrogens with zero attached hydrogens (tertiary/aromatic N) is 1. The number of carbonyl (C=O) groups excluding carboxylic acids is 1. The first-order valence-corrected chi connectivity index (χ1v) is 6.36. The van der Waals surface area contributed by atoms with Crippen molar-refractivity contribution in [1.82, 2.24) is 4.90 Å².